The van der Waals surface area contributed by atoms with Crippen LogP contribution in [0.25, 0.3) is 0 Å². The van der Waals surface area contributed by atoms with Crippen molar-refractivity contribution in [2.75, 3.05) is 5.32 Å². The Kier molecular flexibility index (Phi) is 5.66. The summed E-state index contributed by atoms with van der Waals surface area (Å²) >= 11 is 0. The van der Waals surface area contributed by atoms with E-state index in [1.807, 2.05) is 6.92 Å². The van der Waals surface area contributed by atoms with Crippen LogP contribution in [-0.2, 0) is 4.79 Å². The maximum atomic E-state index is 13.4. The molecule has 0 aliphatic carbocycles. The SMILES string of the molecule is CCC(C)NC(=O)/C(C#N)=C\Nc1ccc(F)cc1F. The second-order valence-electron chi connectivity index (χ2n) is 4.22. The van der Waals surface area contributed by atoms with E-state index in [0.717, 1.165) is 18.7 Å². The van der Waals surface area contributed by atoms with Crippen molar-refractivity contribution in [3.05, 3.63) is 41.6 Å². The van der Waals surface area contributed by atoms with Gasteiger partial charge in [-0.3, -0.25) is 4.79 Å². The quantitative estimate of drug-likeness (QED) is 0.643. The van der Waals surface area contributed by atoms with Gasteiger partial charge in [0.2, 0.25) is 0 Å². The number of halogens is 2. The first kappa shape index (κ1) is 15.6. The van der Waals surface area contributed by atoms with E-state index in [4.69, 9.17) is 5.26 Å². The third kappa shape index (κ3) is 4.35. The topological polar surface area (TPSA) is 64.9 Å². The van der Waals surface area contributed by atoms with Crippen LogP contribution in [0.3, 0.4) is 0 Å². The number of amides is 1. The van der Waals surface area contributed by atoms with E-state index in [9.17, 15) is 13.6 Å². The highest BCUT2D eigenvalue weighted by molar-refractivity contribution is 5.97. The van der Waals surface area contributed by atoms with Gasteiger partial charge in [0, 0.05) is 18.3 Å². The number of carbonyl (C=O) groups is 1. The maximum absolute atomic E-state index is 13.4. The largest absolute Gasteiger partial charge is 0.358 e. The van der Waals surface area contributed by atoms with Crippen LogP contribution in [0.1, 0.15) is 20.3 Å². The smallest absolute Gasteiger partial charge is 0.263 e. The van der Waals surface area contributed by atoms with Crippen molar-refractivity contribution in [3.63, 3.8) is 0 Å². The average Bonchev–Trinajstić information content (AvgIpc) is 2.41. The summed E-state index contributed by atoms with van der Waals surface area (Å²) in [6.07, 6.45) is 1.82. The first-order chi connectivity index (χ1) is 9.47. The molecule has 0 aliphatic heterocycles. The van der Waals surface area contributed by atoms with E-state index in [-0.39, 0.29) is 17.3 Å². The number of benzene rings is 1. The van der Waals surface area contributed by atoms with Crippen LogP contribution in [0.15, 0.2) is 30.0 Å². The molecular formula is C14H15F2N3O. The molecule has 4 nitrogen and oxygen atoms in total. The van der Waals surface area contributed by atoms with Gasteiger partial charge in [0.25, 0.3) is 5.91 Å². The number of carbonyl (C=O) groups excluding carboxylic acids is 1. The van der Waals surface area contributed by atoms with Crippen LogP contribution in [0, 0.1) is 23.0 Å². The van der Waals surface area contributed by atoms with Crippen molar-refractivity contribution in [1.29, 1.82) is 5.26 Å². The lowest BCUT2D eigenvalue weighted by Crippen LogP contribution is -2.33. The van der Waals surface area contributed by atoms with Crippen molar-refractivity contribution in [3.8, 4) is 6.07 Å². The van der Waals surface area contributed by atoms with E-state index < -0.39 is 17.5 Å². The molecular weight excluding hydrogens is 264 g/mol. The van der Waals surface area contributed by atoms with Crippen LogP contribution in [-0.4, -0.2) is 11.9 Å². The molecule has 6 heteroatoms. The highest BCUT2D eigenvalue weighted by Crippen LogP contribution is 2.15. The van der Waals surface area contributed by atoms with Crippen molar-refractivity contribution in [2.45, 2.75) is 26.3 Å². The fourth-order valence-electron chi connectivity index (χ4n) is 1.31. The van der Waals surface area contributed by atoms with Gasteiger partial charge >= 0.3 is 0 Å². The summed E-state index contributed by atoms with van der Waals surface area (Å²) < 4.78 is 26.1. The average molecular weight is 279 g/mol. The zero-order valence-corrected chi connectivity index (χ0v) is 11.2. The van der Waals surface area contributed by atoms with Gasteiger partial charge in [-0.1, -0.05) is 6.92 Å². The molecule has 106 valence electrons. The number of rotatable bonds is 5. The van der Waals surface area contributed by atoms with E-state index >= 15 is 0 Å². The lowest BCUT2D eigenvalue weighted by atomic mass is 10.2. The Bertz CT molecular complexity index is 564. The number of nitriles is 1. The Hall–Kier alpha value is -2.42. The minimum Gasteiger partial charge on any atom is -0.358 e. The fraction of sp³-hybridized carbons (Fsp3) is 0.286. The second-order valence-corrected chi connectivity index (χ2v) is 4.22. The van der Waals surface area contributed by atoms with Gasteiger partial charge in [-0.15, -0.1) is 0 Å². The highest BCUT2D eigenvalue weighted by Gasteiger charge is 2.11. The number of nitrogens with zero attached hydrogens (tertiary/aromatic N) is 1. The van der Waals surface area contributed by atoms with Crippen LogP contribution in [0.2, 0.25) is 0 Å². The minimum absolute atomic E-state index is 0.0181. The molecule has 2 N–H and O–H groups in total. The molecule has 0 aromatic heterocycles. The predicted octanol–water partition coefficient (Wildman–Crippen LogP) is 2.70. The normalized spacial score (nSPS) is 12.4. The molecule has 1 amide bonds. The third-order valence-corrected chi connectivity index (χ3v) is 2.66. The molecule has 0 saturated heterocycles. The van der Waals surface area contributed by atoms with Gasteiger partial charge in [0.15, 0.2) is 0 Å². The Morgan fingerprint density at radius 3 is 2.75 bits per heavy atom. The zero-order valence-electron chi connectivity index (χ0n) is 11.2. The minimum atomic E-state index is -0.805. The molecule has 0 spiro atoms. The van der Waals surface area contributed by atoms with Crippen LogP contribution in [0.4, 0.5) is 14.5 Å². The second kappa shape index (κ2) is 7.24. The summed E-state index contributed by atoms with van der Waals surface area (Å²) in [4.78, 5) is 11.7. The van der Waals surface area contributed by atoms with Gasteiger partial charge in [-0.2, -0.15) is 5.26 Å². The van der Waals surface area contributed by atoms with Crippen LogP contribution in [0.5, 0.6) is 0 Å². The summed E-state index contributed by atoms with van der Waals surface area (Å²) in [7, 11) is 0. The molecule has 0 aliphatic rings. The molecule has 0 bridgehead atoms. The van der Waals surface area contributed by atoms with E-state index in [1.165, 1.54) is 6.07 Å². The van der Waals surface area contributed by atoms with Crippen LogP contribution >= 0.6 is 0 Å². The highest BCUT2D eigenvalue weighted by atomic mass is 19.1. The Morgan fingerprint density at radius 2 is 2.20 bits per heavy atom. The molecule has 1 unspecified atom stereocenters. The standard InChI is InChI=1S/C14H15F2N3O/c1-3-9(2)19-14(20)10(7-17)8-18-13-5-4-11(15)6-12(13)16/h4-6,8-9,18H,3H2,1-2H3,(H,19,20)/b10-8-. The van der Waals surface area contributed by atoms with Gasteiger partial charge in [0.1, 0.15) is 23.3 Å². The molecule has 20 heavy (non-hydrogen) atoms. The van der Waals surface area contributed by atoms with Gasteiger partial charge in [-0.25, -0.2) is 8.78 Å². The lowest BCUT2D eigenvalue weighted by Gasteiger charge is -2.10. The van der Waals surface area contributed by atoms with Crippen molar-refractivity contribution >= 4 is 11.6 Å². The van der Waals surface area contributed by atoms with E-state index in [0.29, 0.717) is 6.07 Å². The molecule has 1 aromatic rings. The summed E-state index contributed by atoms with van der Waals surface area (Å²) in [6.45, 7) is 3.70. The van der Waals surface area contributed by atoms with Crippen LogP contribution < -0.4 is 10.6 Å². The lowest BCUT2D eigenvalue weighted by molar-refractivity contribution is -0.117. The van der Waals surface area contributed by atoms with E-state index in [2.05, 4.69) is 10.6 Å². The third-order valence-electron chi connectivity index (χ3n) is 2.66. The molecule has 1 rings (SSSR count). The van der Waals surface area contributed by atoms with E-state index in [1.54, 1.807) is 13.0 Å². The van der Waals surface area contributed by atoms with Crippen molar-refractivity contribution < 1.29 is 13.6 Å². The summed E-state index contributed by atoms with van der Waals surface area (Å²) in [5, 5.41) is 14.0. The summed E-state index contributed by atoms with van der Waals surface area (Å²) in [5.74, 6) is -2.05. The zero-order chi connectivity index (χ0) is 15.1. The maximum Gasteiger partial charge on any atom is 0.263 e. The Morgan fingerprint density at radius 1 is 1.50 bits per heavy atom. The van der Waals surface area contributed by atoms with Gasteiger partial charge < -0.3 is 10.6 Å². The first-order valence-electron chi connectivity index (χ1n) is 6.10. The van der Waals surface area contributed by atoms with Crippen molar-refractivity contribution in [1.82, 2.24) is 5.32 Å². The molecule has 1 atom stereocenters. The number of hydrogen-bond acceptors (Lipinski definition) is 3. The Labute approximate surface area is 116 Å². The van der Waals surface area contributed by atoms with Crippen molar-refractivity contribution in [2.24, 2.45) is 0 Å². The molecule has 0 fully saturated rings. The monoisotopic (exact) mass is 279 g/mol. The molecule has 1 aromatic carbocycles. The number of nitrogens with one attached hydrogen (secondary N) is 2. The fourth-order valence-corrected chi connectivity index (χ4v) is 1.31. The predicted molar refractivity (Wildman–Crippen MR) is 71.6 cm³/mol. The summed E-state index contributed by atoms with van der Waals surface area (Å²) in [5.41, 5.74) is -0.204. The molecule has 0 heterocycles. The molecule has 0 saturated carbocycles. The Balaban J connectivity index is 2.80. The molecule has 0 radical (unpaired) electrons. The number of anilines is 1. The summed E-state index contributed by atoms with van der Waals surface area (Å²) in [6, 6.07) is 4.62. The number of hydrogen-bond donors (Lipinski definition) is 2. The first-order valence-corrected chi connectivity index (χ1v) is 6.10. The van der Waals surface area contributed by atoms with Gasteiger partial charge in [0.05, 0.1) is 5.69 Å². The van der Waals surface area contributed by atoms with Gasteiger partial charge in [-0.05, 0) is 25.5 Å².